The van der Waals surface area contributed by atoms with E-state index in [2.05, 4.69) is 37.5 Å². The van der Waals surface area contributed by atoms with Crippen molar-refractivity contribution in [2.45, 2.75) is 19.4 Å². The van der Waals surface area contributed by atoms with E-state index in [-0.39, 0.29) is 5.91 Å². The van der Waals surface area contributed by atoms with Gasteiger partial charge in [-0.15, -0.1) is 0 Å². The van der Waals surface area contributed by atoms with Gasteiger partial charge in [0.1, 0.15) is 17.2 Å². The third-order valence-corrected chi connectivity index (χ3v) is 3.98. The summed E-state index contributed by atoms with van der Waals surface area (Å²) >= 11 is 0. The molecular weight excluding hydrogens is 292 g/mol. The predicted molar refractivity (Wildman–Crippen MR) is 89.6 cm³/mol. The van der Waals surface area contributed by atoms with Gasteiger partial charge in [-0.05, 0) is 24.5 Å². The first-order chi connectivity index (χ1) is 11.1. The molecule has 122 valence electrons. The average Bonchev–Trinajstić information content (AvgIpc) is 3.24. The van der Waals surface area contributed by atoms with Crippen LogP contribution in [-0.2, 0) is 6.54 Å². The van der Waals surface area contributed by atoms with Gasteiger partial charge in [-0.1, -0.05) is 6.07 Å². The summed E-state index contributed by atoms with van der Waals surface area (Å²) in [6.07, 6.45) is 5.91. The van der Waals surface area contributed by atoms with Gasteiger partial charge in [0.2, 0.25) is 0 Å². The lowest BCUT2D eigenvalue weighted by Crippen LogP contribution is -2.22. The standard InChI is InChI=1S/C16H22N6O/c1-21(2)16(23)13-11-19-20-15(13)18-10-12-5-6-14(17-9-12)22-7-3-4-8-22/h5-6,9,11H,3-4,7-8,10H2,1-2H3,(H2,18,19,20). The third kappa shape index (κ3) is 3.44. The maximum Gasteiger partial charge on any atom is 0.258 e. The number of hydrogen-bond donors (Lipinski definition) is 2. The number of anilines is 2. The number of hydrogen-bond acceptors (Lipinski definition) is 5. The van der Waals surface area contributed by atoms with Crippen molar-refractivity contribution in [3.05, 3.63) is 35.7 Å². The number of aromatic nitrogens is 3. The quantitative estimate of drug-likeness (QED) is 0.879. The minimum absolute atomic E-state index is 0.0799. The number of nitrogens with zero attached hydrogens (tertiary/aromatic N) is 4. The molecule has 1 aliphatic rings. The molecule has 0 bridgehead atoms. The van der Waals surface area contributed by atoms with E-state index in [0.29, 0.717) is 17.9 Å². The minimum Gasteiger partial charge on any atom is -0.366 e. The van der Waals surface area contributed by atoms with Crippen LogP contribution in [0.5, 0.6) is 0 Å². The highest BCUT2D eigenvalue weighted by atomic mass is 16.2. The van der Waals surface area contributed by atoms with Crippen LogP contribution in [0.3, 0.4) is 0 Å². The Bertz CT molecular complexity index is 657. The fourth-order valence-corrected chi connectivity index (χ4v) is 2.67. The fourth-order valence-electron chi connectivity index (χ4n) is 2.67. The molecule has 2 aromatic heterocycles. The third-order valence-electron chi connectivity index (χ3n) is 3.98. The van der Waals surface area contributed by atoms with E-state index in [4.69, 9.17) is 0 Å². The molecular formula is C16H22N6O. The van der Waals surface area contributed by atoms with Crippen molar-refractivity contribution in [2.75, 3.05) is 37.4 Å². The highest BCUT2D eigenvalue weighted by molar-refractivity contribution is 5.98. The highest BCUT2D eigenvalue weighted by Crippen LogP contribution is 2.18. The summed E-state index contributed by atoms with van der Waals surface area (Å²) in [6, 6.07) is 4.12. The minimum atomic E-state index is -0.0799. The summed E-state index contributed by atoms with van der Waals surface area (Å²) in [5, 5.41) is 9.99. The molecule has 2 N–H and O–H groups in total. The van der Waals surface area contributed by atoms with Crippen molar-refractivity contribution < 1.29 is 4.79 Å². The largest absolute Gasteiger partial charge is 0.366 e. The lowest BCUT2D eigenvalue weighted by Gasteiger charge is -2.16. The van der Waals surface area contributed by atoms with Crippen LogP contribution < -0.4 is 10.2 Å². The number of rotatable bonds is 5. The molecule has 0 unspecified atom stereocenters. The van der Waals surface area contributed by atoms with Gasteiger partial charge in [-0.3, -0.25) is 9.89 Å². The Hall–Kier alpha value is -2.57. The Morgan fingerprint density at radius 1 is 1.30 bits per heavy atom. The van der Waals surface area contributed by atoms with E-state index in [1.807, 2.05) is 6.20 Å². The molecule has 7 heteroatoms. The Kier molecular flexibility index (Phi) is 4.45. The Labute approximate surface area is 135 Å². The topological polar surface area (TPSA) is 77.2 Å². The Morgan fingerprint density at radius 3 is 2.74 bits per heavy atom. The molecule has 0 spiro atoms. The van der Waals surface area contributed by atoms with Gasteiger partial charge < -0.3 is 15.1 Å². The van der Waals surface area contributed by atoms with Crippen molar-refractivity contribution >= 4 is 17.5 Å². The van der Waals surface area contributed by atoms with E-state index < -0.39 is 0 Å². The number of carbonyl (C=O) groups excluding carboxylic acids is 1. The monoisotopic (exact) mass is 314 g/mol. The molecule has 3 heterocycles. The number of carbonyl (C=O) groups is 1. The zero-order chi connectivity index (χ0) is 16.2. The fraction of sp³-hybridized carbons (Fsp3) is 0.438. The molecule has 0 aromatic carbocycles. The lowest BCUT2D eigenvalue weighted by atomic mass is 10.2. The highest BCUT2D eigenvalue weighted by Gasteiger charge is 2.16. The van der Waals surface area contributed by atoms with Crippen molar-refractivity contribution in [2.24, 2.45) is 0 Å². The van der Waals surface area contributed by atoms with Gasteiger partial charge in [0.25, 0.3) is 5.91 Å². The maximum atomic E-state index is 12.0. The van der Waals surface area contributed by atoms with E-state index in [0.717, 1.165) is 24.5 Å². The van der Waals surface area contributed by atoms with Crippen LogP contribution in [0.4, 0.5) is 11.6 Å². The second-order valence-corrected chi connectivity index (χ2v) is 5.93. The molecule has 7 nitrogen and oxygen atoms in total. The number of nitrogens with one attached hydrogen (secondary N) is 2. The summed E-state index contributed by atoms with van der Waals surface area (Å²) in [6.45, 7) is 2.77. The summed E-state index contributed by atoms with van der Waals surface area (Å²) < 4.78 is 0. The molecule has 1 amide bonds. The van der Waals surface area contributed by atoms with Crippen molar-refractivity contribution in [3.63, 3.8) is 0 Å². The number of amides is 1. The molecule has 23 heavy (non-hydrogen) atoms. The number of aromatic amines is 1. The van der Waals surface area contributed by atoms with E-state index >= 15 is 0 Å². The molecule has 0 aliphatic carbocycles. The molecule has 1 fully saturated rings. The molecule has 0 atom stereocenters. The molecule has 1 aliphatic heterocycles. The van der Waals surface area contributed by atoms with E-state index in [1.54, 1.807) is 20.3 Å². The van der Waals surface area contributed by atoms with Gasteiger partial charge in [-0.2, -0.15) is 5.10 Å². The average molecular weight is 314 g/mol. The Morgan fingerprint density at radius 2 is 2.09 bits per heavy atom. The van der Waals surface area contributed by atoms with Crippen molar-refractivity contribution in [1.82, 2.24) is 20.1 Å². The first-order valence-electron chi connectivity index (χ1n) is 7.84. The van der Waals surface area contributed by atoms with Crippen LogP contribution in [0, 0.1) is 0 Å². The zero-order valence-electron chi connectivity index (χ0n) is 13.5. The SMILES string of the molecule is CN(C)C(=O)c1cn[nH]c1NCc1ccc(N2CCCC2)nc1. The van der Waals surface area contributed by atoms with Crippen molar-refractivity contribution in [3.8, 4) is 0 Å². The summed E-state index contributed by atoms with van der Waals surface area (Å²) in [5.74, 6) is 1.59. The summed E-state index contributed by atoms with van der Waals surface area (Å²) in [4.78, 5) is 20.4. The predicted octanol–water partition coefficient (Wildman–Crippen LogP) is 1.72. The zero-order valence-corrected chi connectivity index (χ0v) is 13.5. The van der Waals surface area contributed by atoms with Crippen LogP contribution in [0.25, 0.3) is 0 Å². The molecule has 1 saturated heterocycles. The van der Waals surface area contributed by atoms with Crippen molar-refractivity contribution in [1.29, 1.82) is 0 Å². The molecule has 3 rings (SSSR count). The van der Waals surface area contributed by atoms with E-state index in [1.165, 1.54) is 17.7 Å². The first-order valence-corrected chi connectivity index (χ1v) is 7.84. The van der Waals surface area contributed by atoms with Crippen LogP contribution in [0.1, 0.15) is 28.8 Å². The van der Waals surface area contributed by atoms with Gasteiger partial charge >= 0.3 is 0 Å². The number of H-pyrrole nitrogens is 1. The second-order valence-electron chi connectivity index (χ2n) is 5.93. The lowest BCUT2D eigenvalue weighted by molar-refractivity contribution is 0.0828. The first kappa shape index (κ1) is 15.3. The van der Waals surface area contributed by atoms with Gasteiger partial charge in [0.05, 0.1) is 6.20 Å². The summed E-state index contributed by atoms with van der Waals surface area (Å²) in [7, 11) is 3.44. The van der Waals surface area contributed by atoms with Crippen LogP contribution in [0.15, 0.2) is 24.5 Å². The smallest absolute Gasteiger partial charge is 0.258 e. The number of pyridine rings is 1. The molecule has 0 radical (unpaired) electrons. The van der Waals surface area contributed by atoms with E-state index in [9.17, 15) is 4.79 Å². The van der Waals surface area contributed by atoms with Gasteiger partial charge in [0.15, 0.2) is 0 Å². The molecule has 0 saturated carbocycles. The second kappa shape index (κ2) is 6.68. The van der Waals surface area contributed by atoms with Crippen LogP contribution in [-0.4, -0.2) is 53.2 Å². The van der Waals surface area contributed by atoms with Crippen LogP contribution in [0.2, 0.25) is 0 Å². The maximum absolute atomic E-state index is 12.0. The normalized spacial score (nSPS) is 14.1. The summed E-state index contributed by atoms with van der Waals surface area (Å²) in [5.41, 5.74) is 1.60. The molecule has 2 aromatic rings. The Balaban J connectivity index is 1.62. The van der Waals surface area contributed by atoms with Gasteiger partial charge in [-0.25, -0.2) is 4.98 Å². The van der Waals surface area contributed by atoms with Gasteiger partial charge in [0, 0.05) is 39.9 Å². The van der Waals surface area contributed by atoms with Crippen LogP contribution >= 0.6 is 0 Å².